The van der Waals surface area contributed by atoms with Crippen molar-refractivity contribution in [3.8, 4) is 11.3 Å². The third kappa shape index (κ3) is 4.40. The topological polar surface area (TPSA) is 127 Å². The van der Waals surface area contributed by atoms with Crippen LogP contribution in [0.1, 0.15) is 41.2 Å². The maximum atomic E-state index is 14.2. The molecule has 160 valence electrons. The number of nitrogens with one attached hydrogen (secondary N) is 1. The number of rotatable bonds is 4. The molecule has 3 aromatic rings. The lowest BCUT2D eigenvalue weighted by Gasteiger charge is -2.32. The van der Waals surface area contributed by atoms with Gasteiger partial charge >= 0.3 is 0 Å². The average molecular weight is 421 g/mol. The zero-order valence-corrected chi connectivity index (χ0v) is 16.8. The number of aliphatic hydroxyl groups excluding tert-OH is 1. The van der Waals surface area contributed by atoms with Gasteiger partial charge in [0.05, 0.1) is 29.4 Å². The molecule has 7 nitrogen and oxygen atoms in total. The van der Waals surface area contributed by atoms with Crippen molar-refractivity contribution in [3.63, 3.8) is 0 Å². The number of benzene rings is 1. The summed E-state index contributed by atoms with van der Waals surface area (Å²) in [5.74, 6) is -0.853. The predicted molar refractivity (Wildman–Crippen MR) is 117 cm³/mol. The van der Waals surface area contributed by atoms with Gasteiger partial charge in [-0.05, 0) is 61.1 Å². The average Bonchev–Trinajstić information content (AvgIpc) is 2.77. The summed E-state index contributed by atoms with van der Waals surface area (Å²) >= 11 is 0. The normalized spacial score (nSPS) is 20.9. The van der Waals surface area contributed by atoms with E-state index in [1.54, 1.807) is 36.7 Å². The maximum absolute atomic E-state index is 14.2. The fourth-order valence-corrected chi connectivity index (χ4v) is 3.99. The van der Waals surface area contributed by atoms with Gasteiger partial charge in [0.15, 0.2) is 5.69 Å². The lowest BCUT2D eigenvalue weighted by molar-refractivity contribution is 0.0998. The summed E-state index contributed by atoms with van der Waals surface area (Å²) in [6, 6.07) is 10.9. The Morgan fingerprint density at radius 2 is 1.97 bits per heavy atom. The second-order valence-electron chi connectivity index (χ2n) is 7.77. The first-order valence-electron chi connectivity index (χ1n) is 10.1. The number of nitrogens with zero attached hydrogens (tertiary/aromatic N) is 2. The van der Waals surface area contributed by atoms with Gasteiger partial charge in [0.2, 0.25) is 0 Å². The Morgan fingerprint density at radius 3 is 2.74 bits per heavy atom. The van der Waals surface area contributed by atoms with Crippen molar-refractivity contribution >= 4 is 17.3 Å². The Morgan fingerprint density at radius 1 is 1.16 bits per heavy atom. The molecule has 1 fully saturated rings. The summed E-state index contributed by atoms with van der Waals surface area (Å²) < 4.78 is 14.2. The summed E-state index contributed by atoms with van der Waals surface area (Å²) in [6.45, 7) is 0. The van der Waals surface area contributed by atoms with Crippen LogP contribution in [0.25, 0.3) is 11.3 Å². The van der Waals surface area contributed by atoms with Crippen molar-refractivity contribution in [2.24, 2.45) is 5.73 Å². The van der Waals surface area contributed by atoms with Gasteiger partial charge in [-0.25, -0.2) is 9.37 Å². The van der Waals surface area contributed by atoms with Gasteiger partial charge in [0.1, 0.15) is 5.82 Å². The van der Waals surface area contributed by atoms with Gasteiger partial charge in [-0.2, -0.15) is 0 Å². The number of hydrogen-bond acceptors (Lipinski definition) is 6. The summed E-state index contributed by atoms with van der Waals surface area (Å²) in [4.78, 5) is 21.5. The maximum Gasteiger partial charge on any atom is 0.276 e. The fourth-order valence-electron chi connectivity index (χ4n) is 3.99. The minimum atomic E-state index is -0.513. The molecule has 3 atom stereocenters. The van der Waals surface area contributed by atoms with Crippen molar-refractivity contribution in [1.82, 2.24) is 9.97 Å². The summed E-state index contributed by atoms with van der Waals surface area (Å²) in [5.41, 5.74) is 14.3. The van der Waals surface area contributed by atoms with E-state index in [0.717, 1.165) is 12.0 Å². The van der Waals surface area contributed by atoms with Crippen molar-refractivity contribution in [3.05, 3.63) is 71.9 Å². The molecule has 0 spiro atoms. The molecule has 0 aliphatic heterocycles. The van der Waals surface area contributed by atoms with Crippen molar-refractivity contribution in [2.45, 2.75) is 37.3 Å². The van der Waals surface area contributed by atoms with E-state index < -0.39 is 17.8 Å². The Balaban J connectivity index is 1.61. The fraction of sp³-hybridized carbons (Fsp3) is 0.261. The smallest absolute Gasteiger partial charge is 0.276 e. The van der Waals surface area contributed by atoms with Gasteiger partial charge in [0, 0.05) is 17.8 Å². The van der Waals surface area contributed by atoms with Crippen molar-refractivity contribution in [2.75, 3.05) is 11.1 Å². The van der Waals surface area contributed by atoms with E-state index in [0.29, 0.717) is 24.2 Å². The Bertz CT molecular complexity index is 1110. The van der Waals surface area contributed by atoms with E-state index in [1.807, 2.05) is 6.07 Å². The third-order valence-electron chi connectivity index (χ3n) is 5.70. The molecule has 0 saturated heterocycles. The quantitative estimate of drug-likeness (QED) is 0.513. The predicted octanol–water partition coefficient (Wildman–Crippen LogP) is 3.07. The highest BCUT2D eigenvalue weighted by Gasteiger charge is 2.29. The second-order valence-corrected chi connectivity index (χ2v) is 7.77. The molecular weight excluding hydrogens is 397 g/mol. The molecule has 1 aromatic carbocycles. The van der Waals surface area contributed by atoms with E-state index in [-0.39, 0.29) is 28.9 Å². The molecule has 0 bridgehead atoms. The molecule has 1 saturated carbocycles. The molecule has 4 rings (SSSR count). The van der Waals surface area contributed by atoms with Crippen LogP contribution in [0.4, 0.5) is 15.8 Å². The lowest BCUT2D eigenvalue weighted by atomic mass is 9.80. The zero-order chi connectivity index (χ0) is 22.0. The van der Waals surface area contributed by atoms with Crippen LogP contribution < -0.4 is 16.8 Å². The van der Waals surface area contributed by atoms with Crippen molar-refractivity contribution < 1.29 is 14.3 Å². The first-order chi connectivity index (χ1) is 14.9. The van der Waals surface area contributed by atoms with Gasteiger partial charge in [-0.3, -0.25) is 9.78 Å². The minimum Gasteiger partial charge on any atom is -0.397 e. The van der Waals surface area contributed by atoms with Crippen LogP contribution in [0.3, 0.4) is 0 Å². The highest BCUT2D eigenvalue weighted by molar-refractivity contribution is 6.06. The Kier molecular flexibility index (Phi) is 5.92. The first-order valence-corrected chi connectivity index (χ1v) is 10.1. The Hall–Kier alpha value is -3.36. The molecule has 2 heterocycles. The van der Waals surface area contributed by atoms with Crippen LogP contribution in [0.2, 0.25) is 0 Å². The monoisotopic (exact) mass is 421 g/mol. The number of halogens is 1. The van der Waals surface area contributed by atoms with E-state index in [4.69, 9.17) is 11.5 Å². The molecule has 8 heteroatoms. The highest BCUT2D eigenvalue weighted by atomic mass is 19.1. The van der Waals surface area contributed by atoms with E-state index in [2.05, 4.69) is 15.3 Å². The van der Waals surface area contributed by atoms with Crippen molar-refractivity contribution in [1.29, 1.82) is 0 Å². The lowest BCUT2D eigenvalue weighted by Crippen LogP contribution is -2.39. The largest absolute Gasteiger partial charge is 0.397 e. The van der Waals surface area contributed by atoms with Crippen LogP contribution in [-0.2, 0) is 0 Å². The number of aromatic nitrogens is 2. The first kappa shape index (κ1) is 20.9. The molecule has 0 radical (unpaired) electrons. The molecule has 2 aromatic heterocycles. The molecule has 6 N–H and O–H groups in total. The number of pyridine rings is 2. The third-order valence-corrected chi connectivity index (χ3v) is 5.70. The number of carbonyl (C=O) groups is 1. The van der Waals surface area contributed by atoms with Crippen LogP contribution >= 0.6 is 0 Å². The van der Waals surface area contributed by atoms with Gasteiger partial charge in [0.25, 0.3) is 5.91 Å². The van der Waals surface area contributed by atoms with E-state index in [1.165, 1.54) is 12.1 Å². The summed E-state index contributed by atoms with van der Waals surface area (Å²) in [6.07, 6.45) is 4.68. The van der Waals surface area contributed by atoms with Crippen LogP contribution in [0.15, 0.2) is 54.9 Å². The summed E-state index contributed by atoms with van der Waals surface area (Å²) in [7, 11) is 0. The van der Waals surface area contributed by atoms with Crippen LogP contribution in [0.5, 0.6) is 0 Å². The standard InChI is InChI=1S/C23H24FN5O2/c24-16-4-2-1-3-15(16)19-7-6-17(25)22(28-19)23(31)29-20-12-27-10-9-14(20)13-5-8-21(30)18(26)11-13/h1-4,6-7,9-10,12-13,18,21,30H,5,8,11,25-26H2,(H,29,31)/t13-,18-,21+/m1/s1. The molecule has 1 aliphatic rings. The highest BCUT2D eigenvalue weighted by Crippen LogP contribution is 2.36. The number of aliphatic hydroxyl groups is 1. The summed E-state index contributed by atoms with van der Waals surface area (Å²) in [5, 5.41) is 12.8. The molecule has 31 heavy (non-hydrogen) atoms. The molecule has 0 unspecified atom stereocenters. The molecule has 1 aliphatic carbocycles. The molecular formula is C23H24FN5O2. The van der Waals surface area contributed by atoms with Gasteiger partial charge in [-0.15, -0.1) is 0 Å². The van der Waals surface area contributed by atoms with Gasteiger partial charge < -0.3 is 21.9 Å². The van der Waals surface area contributed by atoms with E-state index in [9.17, 15) is 14.3 Å². The number of hydrogen-bond donors (Lipinski definition) is 4. The SMILES string of the molecule is Nc1ccc(-c2ccccc2F)nc1C(=O)Nc1cnccc1[C@@H]1CC[C@H](O)[C@H](N)C1. The number of amides is 1. The number of anilines is 2. The number of nitrogens with two attached hydrogens (primary N) is 2. The number of carbonyl (C=O) groups excluding carboxylic acids is 1. The van der Waals surface area contributed by atoms with Crippen LogP contribution in [0, 0.1) is 5.82 Å². The minimum absolute atomic E-state index is 0.00586. The second kappa shape index (κ2) is 8.79. The van der Waals surface area contributed by atoms with Crippen LogP contribution in [-0.4, -0.2) is 33.1 Å². The molecule has 1 amide bonds. The van der Waals surface area contributed by atoms with E-state index >= 15 is 0 Å². The van der Waals surface area contributed by atoms with Gasteiger partial charge in [-0.1, -0.05) is 12.1 Å². The zero-order valence-electron chi connectivity index (χ0n) is 16.8. The Labute approximate surface area is 179 Å². The number of nitrogen functional groups attached to an aromatic ring is 1.